The number of nitrogens with one attached hydrogen (secondary N) is 1. The number of thiophene rings is 1. The van der Waals surface area contributed by atoms with Gasteiger partial charge in [-0.25, -0.2) is 0 Å². The molecule has 0 bridgehead atoms. The Morgan fingerprint density at radius 2 is 1.92 bits per heavy atom. The van der Waals surface area contributed by atoms with E-state index in [1.165, 1.54) is 21.9 Å². The molecule has 1 unspecified atom stereocenters. The quantitative estimate of drug-likeness (QED) is 0.550. The maximum atomic E-state index is 5.86. The molecule has 0 spiro atoms. The molecule has 25 heavy (non-hydrogen) atoms. The number of nitrogens with zero attached hydrogens (tertiary/aromatic N) is 2. The molecule has 2 aromatic carbocycles. The molecular formula is C20H17N3OS. The van der Waals surface area contributed by atoms with Gasteiger partial charge in [-0.05, 0) is 53.8 Å². The van der Waals surface area contributed by atoms with Crippen LogP contribution in [0.15, 0.2) is 52.3 Å². The highest BCUT2D eigenvalue weighted by molar-refractivity contribution is 7.13. The summed E-state index contributed by atoms with van der Waals surface area (Å²) in [7, 11) is 0. The van der Waals surface area contributed by atoms with Gasteiger partial charge in [-0.1, -0.05) is 30.3 Å². The van der Waals surface area contributed by atoms with Crippen LogP contribution in [0.5, 0.6) is 0 Å². The van der Waals surface area contributed by atoms with Crippen molar-refractivity contribution >= 4 is 27.8 Å². The summed E-state index contributed by atoms with van der Waals surface area (Å²) in [6.45, 7) is 2.05. The van der Waals surface area contributed by atoms with Crippen molar-refractivity contribution < 1.29 is 4.42 Å². The molecule has 2 heterocycles. The van der Waals surface area contributed by atoms with E-state index in [0.29, 0.717) is 11.8 Å². The second-order valence-electron chi connectivity index (χ2n) is 6.40. The molecular weight excluding hydrogens is 330 g/mol. The van der Waals surface area contributed by atoms with Crippen LogP contribution < -0.4 is 5.32 Å². The van der Waals surface area contributed by atoms with E-state index in [9.17, 15) is 0 Å². The van der Waals surface area contributed by atoms with Gasteiger partial charge in [0.25, 0.3) is 5.89 Å². The summed E-state index contributed by atoms with van der Waals surface area (Å²) in [6.07, 6.45) is 2.28. The van der Waals surface area contributed by atoms with Crippen molar-refractivity contribution in [2.75, 3.05) is 5.32 Å². The summed E-state index contributed by atoms with van der Waals surface area (Å²) in [5.74, 6) is 1.19. The van der Waals surface area contributed by atoms with Crippen LogP contribution >= 0.6 is 11.3 Å². The van der Waals surface area contributed by atoms with Crippen LogP contribution in [0, 0.1) is 0 Å². The van der Waals surface area contributed by atoms with E-state index in [-0.39, 0.29) is 6.04 Å². The van der Waals surface area contributed by atoms with E-state index in [1.54, 1.807) is 11.3 Å². The molecule has 4 nitrogen and oxygen atoms in total. The zero-order valence-electron chi connectivity index (χ0n) is 13.8. The summed E-state index contributed by atoms with van der Waals surface area (Å²) in [5, 5.41) is 16.6. The van der Waals surface area contributed by atoms with Crippen LogP contribution in [0.3, 0.4) is 0 Å². The molecule has 1 atom stereocenters. The van der Waals surface area contributed by atoms with Crippen LogP contribution in [0.4, 0.5) is 5.69 Å². The van der Waals surface area contributed by atoms with Crippen molar-refractivity contribution in [3.8, 4) is 10.8 Å². The van der Waals surface area contributed by atoms with Crippen LogP contribution in [0.1, 0.15) is 30.0 Å². The number of aryl methyl sites for hydroxylation is 2. The molecule has 0 saturated heterocycles. The first-order chi connectivity index (χ1) is 12.3. The lowest BCUT2D eigenvalue weighted by molar-refractivity contribution is 0.486. The minimum Gasteiger partial charge on any atom is -0.418 e. The maximum absolute atomic E-state index is 5.86. The second kappa shape index (κ2) is 5.70. The normalized spacial score (nSPS) is 14.1. The third-order valence-electron chi connectivity index (χ3n) is 4.79. The van der Waals surface area contributed by atoms with Crippen LogP contribution in [0.25, 0.3) is 21.5 Å². The highest BCUT2D eigenvalue weighted by Crippen LogP contribution is 2.36. The minimum absolute atomic E-state index is 0.0559. The second-order valence-corrected chi connectivity index (χ2v) is 7.35. The first kappa shape index (κ1) is 14.7. The van der Waals surface area contributed by atoms with Crippen molar-refractivity contribution in [3.63, 3.8) is 0 Å². The Morgan fingerprint density at radius 3 is 2.76 bits per heavy atom. The van der Waals surface area contributed by atoms with E-state index in [2.05, 4.69) is 52.8 Å². The summed E-state index contributed by atoms with van der Waals surface area (Å²) in [4.78, 5) is 0.997. The van der Waals surface area contributed by atoms with Crippen molar-refractivity contribution in [2.24, 2.45) is 0 Å². The number of hydrogen-bond acceptors (Lipinski definition) is 5. The number of aromatic nitrogens is 2. The van der Waals surface area contributed by atoms with Crippen molar-refractivity contribution in [1.82, 2.24) is 10.2 Å². The zero-order chi connectivity index (χ0) is 16.8. The average molecular weight is 347 g/mol. The summed E-state index contributed by atoms with van der Waals surface area (Å²) in [5.41, 5.74) is 4.01. The maximum Gasteiger partial charge on any atom is 0.257 e. The predicted octanol–water partition coefficient (Wildman–Crippen LogP) is 5.22. The van der Waals surface area contributed by atoms with Crippen molar-refractivity contribution in [3.05, 3.63) is 64.9 Å². The molecule has 0 saturated carbocycles. The molecule has 1 N–H and O–H groups in total. The first-order valence-corrected chi connectivity index (χ1v) is 9.35. The van der Waals surface area contributed by atoms with Gasteiger partial charge in [0.05, 0.1) is 4.88 Å². The van der Waals surface area contributed by atoms with E-state index in [4.69, 9.17) is 4.42 Å². The fraction of sp³-hybridized carbons (Fsp3) is 0.200. The first-order valence-electron chi connectivity index (χ1n) is 8.47. The van der Waals surface area contributed by atoms with Gasteiger partial charge in [0, 0.05) is 11.1 Å². The topological polar surface area (TPSA) is 51.0 Å². The van der Waals surface area contributed by atoms with Crippen LogP contribution in [0.2, 0.25) is 0 Å². The molecule has 0 fully saturated rings. The Hall–Kier alpha value is -2.66. The zero-order valence-corrected chi connectivity index (χ0v) is 14.6. The van der Waals surface area contributed by atoms with Gasteiger partial charge in [0.2, 0.25) is 5.89 Å². The lowest BCUT2D eigenvalue weighted by Crippen LogP contribution is -2.07. The lowest BCUT2D eigenvalue weighted by atomic mass is 10.0. The standard InChI is InChI=1S/C20H17N3OS/c1-12(19-22-23-20(24-19)17-6-3-11-25-17)21-16-10-9-14-8-7-13-4-2-5-15(16)18(13)14/h2-6,9-12,21H,7-8H2,1H3. The van der Waals surface area contributed by atoms with E-state index in [1.807, 2.05) is 17.5 Å². The fourth-order valence-corrected chi connectivity index (χ4v) is 4.22. The molecule has 0 aliphatic heterocycles. The monoisotopic (exact) mass is 347 g/mol. The van der Waals surface area contributed by atoms with E-state index < -0.39 is 0 Å². The van der Waals surface area contributed by atoms with Gasteiger partial charge in [0.15, 0.2) is 0 Å². The van der Waals surface area contributed by atoms with Crippen LogP contribution in [-0.2, 0) is 12.8 Å². The average Bonchev–Trinajstić information content (AvgIpc) is 3.38. The Morgan fingerprint density at radius 1 is 1.04 bits per heavy atom. The minimum atomic E-state index is -0.0559. The third-order valence-corrected chi connectivity index (χ3v) is 5.65. The molecule has 0 radical (unpaired) electrons. The molecule has 1 aliphatic rings. The molecule has 5 rings (SSSR count). The molecule has 5 heteroatoms. The molecule has 124 valence electrons. The van der Waals surface area contributed by atoms with Gasteiger partial charge in [-0.3, -0.25) is 0 Å². The number of benzene rings is 2. The van der Waals surface area contributed by atoms with Gasteiger partial charge >= 0.3 is 0 Å². The molecule has 0 amide bonds. The highest BCUT2D eigenvalue weighted by atomic mass is 32.1. The van der Waals surface area contributed by atoms with Gasteiger partial charge in [-0.2, -0.15) is 0 Å². The van der Waals surface area contributed by atoms with Crippen molar-refractivity contribution in [1.29, 1.82) is 0 Å². The van der Waals surface area contributed by atoms with Gasteiger partial charge < -0.3 is 9.73 Å². The Labute approximate surface area is 149 Å². The summed E-state index contributed by atoms with van der Waals surface area (Å²) in [6, 6.07) is 14.9. The number of hydrogen-bond donors (Lipinski definition) is 1. The SMILES string of the molecule is CC(Nc1ccc2c3c(cccc13)CC2)c1nnc(-c2cccs2)o1. The Kier molecular flexibility index (Phi) is 3.35. The molecule has 2 aromatic heterocycles. The van der Waals surface area contributed by atoms with Crippen molar-refractivity contribution in [2.45, 2.75) is 25.8 Å². The predicted molar refractivity (Wildman–Crippen MR) is 101 cm³/mol. The van der Waals surface area contributed by atoms with E-state index >= 15 is 0 Å². The fourth-order valence-electron chi connectivity index (χ4n) is 3.58. The smallest absolute Gasteiger partial charge is 0.257 e. The Bertz CT molecular complexity index is 1040. The lowest BCUT2D eigenvalue weighted by Gasteiger charge is -2.15. The Balaban J connectivity index is 1.47. The molecule has 1 aliphatic carbocycles. The van der Waals surface area contributed by atoms with Gasteiger partial charge in [0.1, 0.15) is 6.04 Å². The highest BCUT2D eigenvalue weighted by Gasteiger charge is 2.19. The molecule has 4 aromatic rings. The summed E-state index contributed by atoms with van der Waals surface area (Å²) >= 11 is 1.60. The van der Waals surface area contributed by atoms with Crippen LogP contribution in [-0.4, -0.2) is 10.2 Å². The third kappa shape index (κ3) is 2.43. The van der Waals surface area contributed by atoms with E-state index in [0.717, 1.165) is 23.4 Å². The number of anilines is 1. The summed E-state index contributed by atoms with van der Waals surface area (Å²) < 4.78 is 5.86. The largest absolute Gasteiger partial charge is 0.418 e. The van der Waals surface area contributed by atoms with Gasteiger partial charge in [-0.15, -0.1) is 21.5 Å². The number of rotatable bonds is 4.